The van der Waals surface area contributed by atoms with E-state index in [1.165, 1.54) is 263 Å². The van der Waals surface area contributed by atoms with Crippen LogP contribution < -0.4 is 5.73 Å². The quantitative estimate of drug-likeness (QED) is 0.0268. The third-order valence-corrected chi connectivity index (χ3v) is 14.4. The monoisotopic (exact) mass is 970 g/mol. The van der Waals surface area contributed by atoms with E-state index in [2.05, 4.69) is 26.0 Å². The molecule has 0 aromatic carbocycles. The molecule has 9 heteroatoms. The maximum atomic E-state index is 12.7. The van der Waals surface area contributed by atoms with Crippen molar-refractivity contribution in [1.29, 1.82) is 0 Å². The van der Waals surface area contributed by atoms with Crippen molar-refractivity contribution in [2.45, 2.75) is 322 Å². The normalized spacial score (nSPS) is 13.2. The number of carbonyl (C=O) groups excluding carboxylic acids is 1. The number of esters is 1. The second kappa shape index (κ2) is 56.2. The molecule has 0 bridgehead atoms. The van der Waals surface area contributed by atoms with Gasteiger partial charge in [0, 0.05) is 19.6 Å². The smallest absolute Gasteiger partial charge is 0.457 e. The third-order valence-electron chi connectivity index (χ3n) is 13.4. The molecule has 0 spiro atoms. The van der Waals surface area contributed by atoms with Crippen molar-refractivity contribution in [2.75, 3.05) is 33.0 Å². The van der Waals surface area contributed by atoms with Crippen LogP contribution in [0.1, 0.15) is 316 Å². The van der Waals surface area contributed by atoms with Gasteiger partial charge in [-0.3, -0.25) is 13.8 Å². The minimum Gasteiger partial charge on any atom is -0.457 e. The van der Waals surface area contributed by atoms with E-state index in [0.29, 0.717) is 13.0 Å². The van der Waals surface area contributed by atoms with Gasteiger partial charge in [0.2, 0.25) is 0 Å². The van der Waals surface area contributed by atoms with E-state index in [0.717, 1.165) is 32.1 Å². The van der Waals surface area contributed by atoms with Gasteiger partial charge in [0.15, 0.2) is 0 Å². The number of phosphoric acid groups is 1. The van der Waals surface area contributed by atoms with Crippen LogP contribution in [0.2, 0.25) is 0 Å². The number of rotatable bonds is 58. The molecule has 3 N–H and O–H groups in total. The molecule has 0 saturated heterocycles. The first-order chi connectivity index (χ1) is 32.9. The number of hydrogen-bond acceptors (Lipinski definition) is 7. The lowest BCUT2D eigenvalue weighted by Gasteiger charge is -2.20. The Morgan fingerprint density at radius 2 is 0.746 bits per heavy atom. The summed E-state index contributed by atoms with van der Waals surface area (Å²) in [5.74, 6) is -0.321. The van der Waals surface area contributed by atoms with Crippen LogP contribution >= 0.6 is 7.82 Å². The maximum Gasteiger partial charge on any atom is 0.472 e. The molecule has 67 heavy (non-hydrogen) atoms. The Bertz CT molecular complexity index is 1040. The maximum absolute atomic E-state index is 12.7. The Kier molecular flexibility index (Phi) is 55.5. The van der Waals surface area contributed by atoms with Crippen molar-refractivity contribution < 1.29 is 32.8 Å². The summed E-state index contributed by atoms with van der Waals surface area (Å²) in [6.07, 6.45) is 65.6. The van der Waals surface area contributed by atoms with E-state index in [1.54, 1.807) is 0 Å². The molecule has 0 aliphatic heterocycles. The van der Waals surface area contributed by atoms with Crippen LogP contribution in [0.25, 0.3) is 0 Å². The second-order valence-electron chi connectivity index (χ2n) is 20.2. The van der Waals surface area contributed by atoms with Gasteiger partial charge in [-0.2, -0.15) is 0 Å². The summed E-state index contributed by atoms with van der Waals surface area (Å²) >= 11 is 0. The zero-order chi connectivity index (χ0) is 48.7. The van der Waals surface area contributed by atoms with Crippen LogP contribution in [-0.4, -0.2) is 49.9 Å². The summed E-state index contributed by atoms with van der Waals surface area (Å²) in [5.41, 5.74) is 5.41. The second-order valence-corrected chi connectivity index (χ2v) is 21.7. The molecule has 2 unspecified atom stereocenters. The average Bonchev–Trinajstić information content (AvgIpc) is 3.32. The van der Waals surface area contributed by atoms with Crippen molar-refractivity contribution >= 4 is 13.8 Å². The molecule has 8 nitrogen and oxygen atoms in total. The molecule has 0 amide bonds. The number of phosphoric ester groups is 1. The third kappa shape index (κ3) is 56.0. The van der Waals surface area contributed by atoms with Crippen molar-refractivity contribution in [3.8, 4) is 0 Å². The number of nitrogens with two attached hydrogens (primary N) is 1. The van der Waals surface area contributed by atoms with Crippen LogP contribution in [-0.2, 0) is 27.9 Å². The molecule has 0 fully saturated rings. The molecule has 0 heterocycles. The van der Waals surface area contributed by atoms with Gasteiger partial charge >= 0.3 is 13.8 Å². The number of hydrogen-bond donors (Lipinski definition) is 2. The lowest BCUT2D eigenvalue weighted by atomic mass is 10.0. The molecular formula is C58H116NO7P. The minimum atomic E-state index is -4.28. The van der Waals surface area contributed by atoms with Gasteiger partial charge in [0.05, 0.1) is 19.8 Å². The van der Waals surface area contributed by atoms with Crippen LogP contribution in [0.15, 0.2) is 12.2 Å². The number of allylic oxidation sites excluding steroid dienone is 2. The molecule has 2 atom stereocenters. The fourth-order valence-electron chi connectivity index (χ4n) is 9.06. The molecule has 0 rings (SSSR count). The topological polar surface area (TPSA) is 117 Å². The van der Waals surface area contributed by atoms with E-state index in [1.807, 2.05) is 0 Å². The highest BCUT2D eigenvalue weighted by Crippen LogP contribution is 2.43. The first-order valence-electron chi connectivity index (χ1n) is 29.7. The first-order valence-corrected chi connectivity index (χ1v) is 31.2. The van der Waals surface area contributed by atoms with E-state index < -0.39 is 13.9 Å². The van der Waals surface area contributed by atoms with Crippen LogP contribution in [0.4, 0.5) is 0 Å². The average molecular weight is 971 g/mol. The summed E-state index contributed by atoms with van der Waals surface area (Å²) < 4.78 is 33.7. The molecule has 0 radical (unpaired) electrons. The zero-order valence-corrected chi connectivity index (χ0v) is 45.8. The Balaban J connectivity index is 3.82. The molecule has 0 aromatic heterocycles. The number of carbonyl (C=O) groups is 1. The Morgan fingerprint density at radius 1 is 0.433 bits per heavy atom. The van der Waals surface area contributed by atoms with E-state index >= 15 is 0 Å². The van der Waals surface area contributed by atoms with E-state index in [9.17, 15) is 14.3 Å². The van der Waals surface area contributed by atoms with Crippen LogP contribution in [0, 0.1) is 0 Å². The SMILES string of the molecule is CCCCCCCCCC/C=C\CCCCCCCCCCCCCCCC(=O)OC(COCCCCCCCCCCCCCCCCCCCCCCCCC)COP(=O)(O)OCCN. The zero-order valence-electron chi connectivity index (χ0n) is 44.9. The molecule has 0 aromatic rings. The highest BCUT2D eigenvalue weighted by atomic mass is 31.2. The summed E-state index contributed by atoms with van der Waals surface area (Å²) in [4.78, 5) is 22.7. The van der Waals surface area contributed by atoms with Gasteiger partial charge < -0.3 is 20.1 Å². The number of ether oxygens (including phenoxy) is 2. The van der Waals surface area contributed by atoms with Crippen molar-refractivity contribution in [2.24, 2.45) is 5.73 Å². The molecular weight excluding hydrogens is 854 g/mol. The summed E-state index contributed by atoms with van der Waals surface area (Å²) in [7, 11) is -4.28. The van der Waals surface area contributed by atoms with Crippen LogP contribution in [0.3, 0.4) is 0 Å². The Labute approximate surface area is 417 Å². The van der Waals surface area contributed by atoms with E-state index in [-0.39, 0.29) is 32.3 Å². The Morgan fingerprint density at radius 3 is 1.09 bits per heavy atom. The van der Waals surface area contributed by atoms with E-state index in [4.69, 9.17) is 24.3 Å². The molecule has 0 aliphatic carbocycles. The number of unbranched alkanes of at least 4 members (excludes halogenated alkanes) is 43. The minimum absolute atomic E-state index is 0.0911. The van der Waals surface area contributed by atoms with Crippen molar-refractivity contribution in [3.05, 3.63) is 12.2 Å². The first kappa shape index (κ1) is 66.2. The largest absolute Gasteiger partial charge is 0.472 e. The highest BCUT2D eigenvalue weighted by Gasteiger charge is 2.25. The fourth-order valence-corrected chi connectivity index (χ4v) is 9.82. The van der Waals surface area contributed by atoms with Crippen molar-refractivity contribution in [3.63, 3.8) is 0 Å². The Hall–Kier alpha value is -0.760. The predicted octanol–water partition coefficient (Wildman–Crippen LogP) is 18.9. The fraction of sp³-hybridized carbons (Fsp3) is 0.948. The van der Waals surface area contributed by atoms with Crippen LogP contribution in [0.5, 0.6) is 0 Å². The molecule has 0 saturated carbocycles. The predicted molar refractivity (Wildman–Crippen MR) is 289 cm³/mol. The lowest BCUT2D eigenvalue weighted by Crippen LogP contribution is -2.28. The highest BCUT2D eigenvalue weighted by molar-refractivity contribution is 7.47. The van der Waals surface area contributed by atoms with Gasteiger partial charge in [-0.1, -0.05) is 283 Å². The summed E-state index contributed by atoms with van der Waals surface area (Å²) in [6, 6.07) is 0. The van der Waals surface area contributed by atoms with Gasteiger partial charge in [-0.25, -0.2) is 4.57 Å². The standard InChI is InChI=1S/C58H116NO7P/c1-3-5-7-9-11-13-15-17-19-21-23-25-27-28-29-31-33-35-37-39-41-43-45-47-49-51-58(60)66-57(56-65-67(61,62)64-54-52-59)55-63-53-50-48-46-44-42-40-38-36-34-32-30-26-24-22-20-18-16-14-12-10-8-6-4-2/h21,23,57H,3-20,22,24-56,59H2,1-2H3,(H,61,62)/b23-21-. The summed E-state index contributed by atoms with van der Waals surface area (Å²) in [5, 5.41) is 0. The van der Waals surface area contributed by atoms with Gasteiger partial charge in [-0.15, -0.1) is 0 Å². The van der Waals surface area contributed by atoms with Gasteiger partial charge in [0.1, 0.15) is 6.10 Å². The lowest BCUT2D eigenvalue weighted by molar-refractivity contribution is -0.154. The van der Waals surface area contributed by atoms with Gasteiger partial charge in [-0.05, 0) is 38.5 Å². The molecule has 400 valence electrons. The van der Waals surface area contributed by atoms with Crippen molar-refractivity contribution in [1.82, 2.24) is 0 Å². The summed E-state index contributed by atoms with van der Waals surface area (Å²) in [6.45, 7) is 5.01. The molecule has 0 aliphatic rings. The van der Waals surface area contributed by atoms with Gasteiger partial charge in [0.25, 0.3) is 0 Å².